The second-order valence-corrected chi connectivity index (χ2v) is 7.63. The van der Waals surface area contributed by atoms with Crippen molar-refractivity contribution in [2.75, 3.05) is 4.90 Å². The molecule has 4 rings (SSSR count). The number of fused-ring (bicyclic) bond motifs is 1. The smallest absolute Gasteiger partial charge is 0.230 e. The molecule has 0 aromatic heterocycles. The number of carbonyl (C=O) groups is 1. The minimum absolute atomic E-state index is 0.160. The minimum atomic E-state index is -0.401. The minimum Gasteiger partial charge on any atom is -0.453 e. The normalized spacial score (nSPS) is 19.5. The topological polar surface area (TPSA) is 29.5 Å². The molecule has 1 atom stereocenters. The summed E-state index contributed by atoms with van der Waals surface area (Å²) >= 11 is 3.52. The SMILES string of the molecule is CC1CCc2c(ccc(Br)c2Oc2ccccc2F)N1C(=O)C1CC1. The molecule has 2 aromatic carbocycles. The number of ether oxygens (including phenoxy) is 1. The van der Waals surface area contributed by atoms with Gasteiger partial charge in [0.15, 0.2) is 11.6 Å². The van der Waals surface area contributed by atoms with Crippen LogP contribution >= 0.6 is 15.9 Å². The zero-order valence-electron chi connectivity index (χ0n) is 14.0. The van der Waals surface area contributed by atoms with Gasteiger partial charge in [0.2, 0.25) is 5.91 Å². The van der Waals surface area contributed by atoms with E-state index in [2.05, 4.69) is 22.9 Å². The lowest BCUT2D eigenvalue weighted by Crippen LogP contribution is -2.43. The molecule has 1 aliphatic carbocycles. The molecule has 0 bridgehead atoms. The highest BCUT2D eigenvalue weighted by Crippen LogP contribution is 2.45. The van der Waals surface area contributed by atoms with E-state index in [9.17, 15) is 9.18 Å². The van der Waals surface area contributed by atoms with Crippen LogP contribution in [0.5, 0.6) is 11.5 Å². The summed E-state index contributed by atoms with van der Waals surface area (Å²) in [6.45, 7) is 2.09. The Morgan fingerprint density at radius 1 is 1.20 bits per heavy atom. The van der Waals surface area contributed by atoms with E-state index in [1.807, 2.05) is 17.0 Å². The fourth-order valence-corrected chi connectivity index (χ4v) is 3.84. The van der Waals surface area contributed by atoms with E-state index in [1.54, 1.807) is 18.2 Å². The maximum absolute atomic E-state index is 14.0. The Hall–Kier alpha value is -1.88. The molecule has 1 fully saturated rings. The van der Waals surface area contributed by atoms with E-state index in [1.165, 1.54) is 6.07 Å². The monoisotopic (exact) mass is 403 g/mol. The molecule has 1 aliphatic heterocycles. The van der Waals surface area contributed by atoms with Gasteiger partial charge >= 0.3 is 0 Å². The summed E-state index contributed by atoms with van der Waals surface area (Å²) in [5.41, 5.74) is 1.86. The van der Waals surface area contributed by atoms with Crippen LogP contribution in [0.25, 0.3) is 0 Å². The second kappa shape index (κ2) is 6.45. The average molecular weight is 404 g/mol. The van der Waals surface area contributed by atoms with Gasteiger partial charge in [0, 0.05) is 17.5 Å². The number of anilines is 1. The van der Waals surface area contributed by atoms with Gasteiger partial charge in [-0.3, -0.25) is 4.79 Å². The molecule has 25 heavy (non-hydrogen) atoms. The Morgan fingerprint density at radius 2 is 1.96 bits per heavy atom. The first-order valence-electron chi connectivity index (χ1n) is 8.63. The summed E-state index contributed by atoms with van der Waals surface area (Å²) < 4.78 is 20.7. The van der Waals surface area contributed by atoms with Crippen molar-refractivity contribution in [3.8, 4) is 11.5 Å². The van der Waals surface area contributed by atoms with Gasteiger partial charge in [-0.1, -0.05) is 12.1 Å². The summed E-state index contributed by atoms with van der Waals surface area (Å²) in [5, 5.41) is 0. The molecule has 1 amide bonds. The highest BCUT2D eigenvalue weighted by Gasteiger charge is 2.39. The second-order valence-electron chi connectivity index (χ2n) is 6.78. The molecular formula is C20H19BrFNO2. The maximum Gasteiger partial charge on any atom is 0.230 e. The zero-order chi connectivity index (χ0) is 17.6. The largest absolute Gasteiger partial charge is 0.453 e. The number of rotatable bonds is 3. The van der Waals surface area contributed by atoms with Crippen molar-refractivity contribution in [2.24, 2.45) is 5.92 Å². The highest BCUT2D eigenvalue weighted by molar-refractivity contribution is 9.10. The highest BCUT2D eigenvalue weighted by atomic mass is 79.9. The first-order valence-corrected chi connectivity index (χ1v) is 9.42. The van der Waals surface area contributed by atoms with E-state index in [4.69, 9.17) is 4.74 Å². The Balaban J connectivity index is 1.76. The number of carbonyl (C=O) groups excluding carboxylic acids is 1. The molecule has 0 radical (unpaired) electrons. The molecular weight excluding hydrogens is 385 g/mol. The van der Waals surface area contributed by atoms with E-state index < -0.39 is 5.82 Å². The first kappa shape index (κ1) is 16.6. The van der Waals surface area contributed by atoms with E-state index in [0.717, 1.165) is 41.4 Å². The van der Waals surface area contributed by atoms with Gasteiger partial charge in [0.1, 0.15) is 5.75 Å². The van der Waals surface area contributed by atoms with Crippen LogP contribution in [0, 0.1) is 11.7 Å². The maximum atomic E-state index is 14.0. The van der Waals surface area contributed by atoms with E-state index in [-0.39, 0.29) is 23.6 Å². The van der Waals surface area contributed by atoms with Crippen LogP contribution in [0.3, 0.4) is 0 Å². The summed E-state index contributed by atoms with van der Waals surface area (Å²) in [6.07, 6.45) is 3.63. The molecule has 130 valence electrons. The Labute approximate surface area is 154 Å². The fourth-order valence-electron chi connectivity index (χ4n) is 3.39. The third-order valence-electron chi connectivity index (χ3n) is 4.91. The lowest BCUT2D eigenvalue weighted by Gasteiger charge is -2.36. The van der Waals surface area contributed by atoms with Gasteiger partial charge in [-0.25, -0.2) is 4.39 Å². The standard InChI is InChI=1S/C20H19BrFNO2/c1-12-6-9-14-17(23(12)20(24)13-7-8-13)11-10-15(21)19(14)25-18-5-3-2-4-16(18)22/h2-5,10-13H,6-9H2,1H3. The van der Waals surface area contributed by atoms with Crippen molar-refractivity contribution in [3.63, 3.8) is 0 Å². The first-order chi connectivity index (χ1) is 12.1. The van der Waals surface area contributed by atoms with Gasteiger partial charge in [-0.05, 0) is 72.8 Å². The third-order valence-corrected chi connectivity index (χ3v) is 5.54. The average Bonchev–Trinajstić information content (AvgIpc) is 3.43. The zero-order valence-corrected chi connectivity index (χ0v) is 15.6. The van der Waals surface area contributed by atoms with Crippen LogP contribution in [-0.4, -0.2) is 11.9 Å². The third kappa shape index (κ3) is 3.06. The summed E-state index contributed by atoms with van der Waals surface area (Å²) in [4.78, 5) is 14.7. The van der Waals surface area contributed by atoms with Gasteiger partial charge in [0.05, 0.1) is 10.2 Å². The Kier molecular flexibility index (Phi) is 4.28. The molecule has 2 aliphatic rings. The lowest BCUT2D eigenvalue weighted by atomic mass is 9.95. The number of halogens is 2. The molecule has 0 N–H and O–H groups in total. The van der Waals surface area contributed by atoms with Crippen molar-refractivity contribution in [1.29, 1.82) is 0 Å². The van der Waals surface area contributed by atoms with Gasteiger partial charge in [-0.15, -0.1) is 0 Å². The quantitative estimate of drug-likeness (QED) is 0.680. The van der Waals surface area contributed by atoms with E-state index >= 15 is 0 Å². The van der Waals surface area contributed by atoms with E-state index in [0.29, 0.717) is 5.75 Å². The summed E-state index contributed by atoms with van der Waals surface area (Å²) in [5.74, 6) is 0.751. The number of benzene rings is 2. The van der Waals surface area contributed by atoms with Crippen LogP contribution in [0.15, 0.2) is 40.9 Å². The Bertz CT molecular complexity index is 834. The molecule has 0 saturated heterocycles. The molecule has 1 heterocycles. The molecule has 1 unspecified atom stereocenters. The molecule has 0 spiro atoms. The molecule has 2 aromatic rings. The van der Waals surface area contributed by atoms with Crippen LogP contribution in [-0.2, 0) is 11.2 Å². The fraction of sp³-hybridized carbons (Fsp3) is 0.350. The van der Waals surface area contributed by atoms with Crippen LogP contribution in [0.4, 0.5) is 10.1 Å². The van der Waals surface area contributed by atoms with Crippen molar-refractivity contribution < 1.29 is 13.9 Å². The van der Waals surface area contributed by atoms with Gasteiger partial charge < -0.3 is 9.64 Å². The van der Waals surface area contributed by atoms with Crippen LogP contribution in [0.1, 0.15) is 31.7 Å². The van der Waals surface area contributed by atoms with Crippen molar-refractivity contribution in [2.45, 2.75) is 38.6 Å². The van der Waals surface area contributed by atoms with Crippen molar-refractivity contribution >= 4 is 27.5 Å². The van der Waals surface area contributed by atoms with Crippen LogP contribution in [0.2, 0.25) is 0 Å². The predicted molar refractivity (Wildman–Crippen MR) is 98.6 cm³/mol. The Morgan fingerprint density at radius 3 is 2.68 bits per heavy atom. The number of para-hydroxylation sites is 1. The molecule has 5 heteroatoms. The summed E-state index contributed by atoms with van der Waals surface area (Å²) in [6, 6.07) is 10.4. The lowest BCUT2D eigenvalue weighted by molar-refractivity contribution is -0.120. The van der Waals surface area contributed by atoms with Gasteiger partial charge in [-0.2, -0.15) is 0 Å². The van der Waals surface area contributed by atoms with Crippen molar-refractivity contribution in [1.82, 2.24) is 0 Å². The van der Waals surface area contributed by atoms with Crippen LogP contribution < -0.4 is 9.64 Å². The number of hydrogen-bond acceptors (Lipinski definition) is 2. The number of nitrogens with zero attached hydrogens (tertiary/aromatic N) is 1. The molecule has 3 nitrogen and oxygen atoms in total. The predicted octanol–water partition coefficient (Wildman–Crippen LogP) is 5.46. The summed E-state index contributed by atoms with van der Waals surface area (Å²) in [7, 11) is 0. The van der Waals surface area contributed by atoms with Crippen molar-refractivity contribution in [3.05, 3.63) is 52.3 Å². The molecule has 1 saturated carbocycles. The number of amides is 1. The number of hydrogen-bond donors (Lipinski definition) is 0. The van der Waals surface area contributed by atoms with Gasteiger partial charge in [0.25, 0.3) is 0 Å².